The minimum Gasteiger partial charge on any atom is -0.497 e. The van der Waals surface area contributed by atoms with E-state index >= 15 is 0 Å². The summed E-state index contributed by atoms with van der Waals surface area (Å²) in [5.41, 5.74) is 1.37. The fraction of sp³-hybridized carbons (Fsp3) is 0.250. The van der Waals surface area contributed by atoms with Crippen LogP contribution in [0, 0.1) is 0 Å². The molecule has 0 aliphatic carbocycles. The molecule has 0 unspecified atom stereocenters. The van der Waals surface area contributed by atoms with Crippen LogP contribution in [0.25, 0.3) is 16.6 Å². The molecule has 0 N–H and O–H groups in total. The Labute approximate surface area is 165 Å². The van der Waals surface area contributed by atoms with Crippen molar-refractivity contribution >= 4 is 34.6 Å². The smallest absolute Gasteiger partial charge is 0.337 e. The Morgan fingerprint density at radius 1 is 1.14 bits per heavy atom. The van der Waals surface area contributed by atoms with Crippen molar-refractivity contribution in [1.29, 1.82) is 0 Å². The number of nitrogens with zero attached hydrogens (tertiary/aromatic N) is 3. The second-order valence-corrected chi connectivity index (χ2v) is 7.35. The van der Waals surface area contributed by atoms with Gasteiger partial charge in [0.05, 0.1) is 42.3 Å². The lowest BCUT2D eigenvalue weighted by Crippen LogP contribution is -2.30. The topological polar surface area (TPSA) is 73.7 Å². The van der Waals surface area contributed by atoms with E-state index in [1.54, 1.807) is 41.6 Å². The molecule has 1 aromatic heterocycles. The van der Waals surface area contributed by atoms with Crippen LogP contribution in [0.2, 0.25) is 0 Å². The van der Waals surface area contributed by atoms with Gasteiger partial charge in [-0.15, -0.1) is 11.8 Å². The zero-order valence-corrected chi connectivity index (χ0v) is 16.4. The van der Waals surface area contributed by atoms with Crippen LogP contribution in [0.5, 0.6) is 5.75 Å². The first-order chi connectivity index (χ1) is 13.6. The molecule has 0 atom stereocenters. The summed E-state index contributed by atoms with van der Waals surface area (Å²) < 4.78 is 11.6. The fourth-order valence-corrected chi connectivity index (χ4v) is 4.11. The minimum absolute atomic E-state index is 0.182. The Balaban J connectivity index is 1.95. The number of ether oxygens (including phenoxy) is 2. The first-order valence-corrected chi connectivity index (χ1v) is 9.90. The van der Waals surface area contributed by atoms with E-state index in [2.05, 4.69) is 4.90 Å². The number of fused-ring (bicyclic) bond motifs is 1. The third kappa shape index (κ3) is 3.20. The minimum atomic E-state index is -0.457. The standard InChI is InChI=1S/C20H19N3O4S/c1-26-15-6-4-14(5-7-15)23-18(24)16-8-3-13(19(25)27-2)11-17(16)21-20(23)22-9-10-28-12-22/h3-8,11H,9-10,12H2,1-2H3. The predicted octanol–water partition coefficient (Wildman–Crippen LogP) is 2.69. The van der Waals surface area contributed by atoms with Crippen LogP contribution in [0.15, 0.2) is 47.3 Å². The molecule has 8 heteroatoms. The zero-order valence-electron chi connectivity index (χ0n) is 15.5. The van der Waals surface area contributed by atoms with Gasteiger partial charge in [0.1, 0.15) is 5.75 Å². The maximum atomic E-state index is 13.4. The third-order valence-electron chi connectivity index (χ3n) is 4.64. The highest BCUT2D eigenvalue weighted by Gasteiger charge is 2.22. The number of benzene rings is 2. The van der Waals surface area contributed by atoms with Gasteiger partial charge in [-0.25, -0.2) is 14.3 Å². The Morgan fingerprint density at radius 2 is 1.93 bits per heavy atom. The summed E-state index contributed by atoms with van der Waals surface area (Å²) in [6, 6.07) is 12.1. The molecule has 0 saturated carbocycles. The Hall–Kier alpha value is -3.00. The third-order valence-corrected chi connectivity index (χ3v) is 5.60. The van der Waals surface area contributed by atoms with E-state index in [1.165, 1.54) is 7.11 Å². The second kappa shape index (κ2) is 7.55. The van der Waals surface area contributed by atoms with Crippen molar-refractivity contribution in [2.75, 3.05) is 37.3 Å². The van der Waals surface area contributed by atoms with E-state index in [4.69, 9.17) is 14.5 Å². The van der Waals surface area contributed by atoms with Gasteiger partial charge in [0, 0.05) is 12.3 Å². The molecule has 1 fully saturated rings. The van der Waals surface area contributed by atoms with Crippen molar-refractivity contribution in [3.05, 3.63) is 58.4 Å². The van der Waals surface area contributed by atoms with Crippen LogP contribution >= 0.6 is 11.8 Å². The summed E-state index contributed by atoms with van der Waals surface area (Å²) in [5.74, 6) is 2.55. The highest BCUT2D eigenvalue weighted by atomic mass is 32.2. The van der Waals surface area contributed by atoms with Crippen LogP contribution in [0.1, 0.15) is 10.4 Å². The number of thioether (sulfide) groups is 1. The summed E-state index contributed by atoms with van der Waals surface area (Å²) in [7, 11) is 2.93. The molecule has 0 bridgehead atoms. The number of esters is 1. The molecule has 0 amide bonds. The van der Waals surface area contributed by atoms with E-state index < -0.39 is 5.97 Å². The van der Waals surface area contributed by atoms with Gasteiger partial charge in [-0.2, -0.15) is 0 Å². The van der Waals surface area contributed by atoms with Crippen LogP contribution in [-0.4, -0.2) is 47.9 Å². The van der Waals surface area contributed by atoms with Gasteiger partial charge in [0.25, 0.3) is 5.56 Å². The van der Waals surface area contributed by atoms with Crippen molar-refractivity contribution < 1.29 is 14.3 Å². The lowest BCUT2D eigenvalue weighted by Gasteiger charge is -2.21. The van der Waals surface area contributed by atoms with Crippen molar-refractivity contribution in [3.8, 4) is 11.4 Å². The van der Waals surface area contributed by atoms with Gasteiger partial charge in [0.15, 0.2) is 0 Å². The number of hydrogen-bond acceptors (Lipinski definition) is 7. The monoisotopic (exact) mass is 397 g/mol. The predicted molar refractivity (Wildman–Crippen MR) is 110 cm³/mol. The maximum Gasteiger partial charge on any atom is 0.337 e. The molecule has 2 heterocycles. The molecule has 144 valence electrons. The number of aromatic nitrogens is 2. The molecule has 4 rings (SSSR count). The van der Waals surface area contributed by atoms with E-state index in [1.807, 2.05) is 24.3 Å². The quantitative estimate of drug-likeness (QED) is 0.627. The van der Waals surface area contributed by atoms with E-state index in [-0.39, 0.29) is 5.56 Å². The van der Waals surface area contributed by atoms with Gasteiger partial charge in [-0.1, -0.05) is 0 Å². The Kier molecular flexibility index (Phi) is 4.95. The molecule has 0 spiro atoms. The van der Waals surface area contributed by atoms with Crippen molar-refractivity contribution in [1.82, 2.24) is 9.55 Å². The normalized spacial score (nSPS) is 13.7. The highest BCUT2D eigenvalue weighted by molar-refractivity contribution is 7.99. The summed E-state index contributed by atoms with van der Waals surface area (Å²) >= 11 is 1.79. The average Bonchev–Trinajstić information content (AvgIpc) is 3.27. The summed E-state index contributed by atoms with van der Waals surface area (Å²) in [6.07, 6.45) is 0. The maximum absolute atomic E-state index is 13.4. The molecule has 1 aliphatic rings. The number of methoxy groups -OCH3 is 2. The van der Waals surface area contributed by atoms with Crippen LogP contribution in [0.4, 0.5) is 5.95 Å². The largest absolute Gasteiger partial charge is 0.497 e. The SMILES string of the molecule is COC(=O)c1ccc2c(=O)n(-c3ccc(OC)cc3)c(N3CCSC3)nc2c1. The molecule has 28 heavy (non-hydrogen) atoms. The van der Waals surface area contributed by atoms with Crippen molar-refractivity contribution in [2.45, 2.75) is 0 Å². The first kappa shape index (κ1) is 18.4. The number of rotatable bonds is 4. The number of carbonyl (C=O) groups excluding carboxylic acids is 1. The highest BCUT2D eigenvalue weighted by Crippen LogP contribution is 2.26. The summed E-state index contributed by atoms with van der Waals surface area (Å²) in [4.78, 5) is 32.0. The molecule has 1 saturated heterocycles. The average molecular weight is 397 g/mol. The fourth-order valence-electron chi connectivity index (χ4n) is 3.17. The molecule has 0 radical (unpaired) electrons. The number of carbonyl (C=O) groups is 1. The second-order valence-electron chi connectivity index (χ2n) is 6.27. The van der Waals surface area contributed by atoms with Gasteiger partial charge in [-0.05, 0) is 42.5 Å². The van der Waals surface area contributed by atoms with Gasteiger partial charge in [0.2, 0.25) is 5.95 Å². The molecule has 3 aromatic rings. The Morgan fingerprint density at radius 3 is 2.57 bits per heavy atom. The molecular weight excluding hydrogens is 378 g/mol. The van der Waals surface area contributed by atoms with E-state index in [0.717, 1.165) is 18.2 Å². The van der Waals surface area contributed by atoms with Crippen LogP contribution in [-0.2, 0) is 4.74 Å². The number of hydrogen-bond donors (Lipinski definition) is 0. The number of anilines is 1. The molecule has 1 aliphatic heterocycles. The summed E-state index contributed by atoms with van der Waals surface area (Å²) in [6.45, 7) is 0.801. The zero-order chi connectivity index (χ0) is 19.7. The lowest BCUT2D eigenvalue weighted by atomic mass is 10.1. The van der Waals surface area contributed by atoms with Gasteiger partial charge >= 0.3 is 5.97 Å². The Bertz CT molecular complexity index is 1090. The van der Waals surface area contributed by atoms with Crippen molar-refractivity contribution in [2.24, 2.45) is 0 Å². The van der Waals surface area contributed by atoms with Gasteiger partial charge < -0.3 is 14.4 Å². The molecule has 7 nitrogen and oxygen atoms in total. The molecule has 2 aromatic carbocycles. The van der Waals surface area contributed by atoms with Crippen molar-refractivity contribution in [3.63, 3.8) is 0 Å². The van der Waals surface area contributed by atoms with Crippen LogP contribution in [0.3, 0.4) is 0 Å². The van der Waals surface area contributed by atoms with Crippen LogP contribution < -0.4 is 15.2 Å². The van der Waals surface area contributed by atoms with E-state index in [9.17, 15) is 9.59 Å². The molecular formula is C20H19N3O4S. The summed E-state index contributed by atoms with van der Waals surface area (Å²) in [5, 5.41) is 0.444. The first-order valence-electron chi connectivity index (χ1n) is 8.74. The van der Waals surface area contributed by atoms with E-state index in [0.29, 0.717) is 33.9 Å². The van der Waals surface area contributed by atoms with Gasteiger partial charge in [-0.3, -0.25) is 4.79 Å². The lowest BCUT2D eigenvalue weighted by molar-refractivity contribution is 0.0601.